The second kappa shape index (κ2) is 7.21. The van der Waals surface area contributed by atoms with E-state index >= 15 is 0 Å². The Morgan fingerprint density at radius 2 is 1.95 bits per heavy atom. The van der Waals surface area contributed by atoms with E-state index in [0.717, 1.165) is 4.47 Å². The van der Waals surface area contributed by atoms with Gasteiger partial charge >= 0.3 is 12.0 Å². The SMILES string of the molecule is CCNc1nc(Oc2cccc(Br)c2)nc(OC(C)C)n1. The quantitative estimate of drug-likeness (QED) is 0.855. The normalized spacial score (nSPS) is 10.5. The molecule has 0 radical (unpaired) electrons. The van der Waals surface area contributed by atoms with Gasteiger partial charge in [0.05, 0.1) is 6.10 Å². The summed E-state index contributed by atoms with van der Waals surface area (Å²) in [4.78, 5) is 12.5. The van der Waals surface area contributed by atoms with E-state index in [2.05, 4.69) is 36.2 Å². The fourth-order valence-corrected chi connectivity index (χ4v) is 1.90. The van der Waals surface area contributed by atoms with Crippen molar-refractivity contribution in [3.8, 4) is 17.8 Å². The van der Waals surface area contributed by atoms with Gasteiger partial charge in [-0.25, -0.2) is 0 Å². The molecule has 2 aromatic rings. The first kappa shape index (κ1) is 15.5. The highest BCUT2D eigenvalue weighted by Crippen LogP contribution is 2.23. The first-order valence-corrected chi connectivity index (χ1v) is 7.46. The van der Waals surface area contributed by atoms with Gasteiger partial charge < -0.3 is 14.8 Å². The molecule has 0 saturated heterocycles. The number of hydrogen-bond acceptors (Lipinski definition) is 6. The van der Waals surface area contributed by atoms with Crippen molar-refractivity contribution in [1.29, 1.82) is 0 Å². The molecule has 6 nitrogen and oxygen atoms in total. The average Bonchev–Trinajstić information content (AvgIpc) is 2.37. The van der Waals surface area contributed by atoms with E-state index < -0.39 is 0 Å². The van der Waals surface area contributed by atoms with Crippen LogP contribution in [0.1, 0.15) is 20.8 Å². The van der Waals surface area contributed by atoms with Gasteiger partial charge in [0.25, 0.3) is 0 Å². The molecule has 0 aliphatic carbocycles. The summed E-state index contributed by atoms with van der Waals surface area (Å²) in [5, 5.41) is 3.03. The van der Waals surface area contributed by atoms with E-state index in [1.54, 1.807) is 0 Å². The number of benzene rings is 1. The van der Waals surface area contributed by atoms with Crippen LogP contribution >= 0.6 is 15.9 Å². The van der Waals surface area contributed by atoms with Gasteiger partial charge in [-0.3, -0.25) is 0 Å². The van der Waals surface area contributed by atoms with Crippen molar-refractivity contribution in [2.75, 3.05) is 11.9 Å². The molecule has 1 heterocycles. The fraction of sp³-hybridized carbons (Fsp3) is 0.357. The van der Waals surface area contributed by atoms with Crippen molar-refractivity contribution in [3.05, 3.63) is 28.7 Å². The van der Waals surface area contributed by atoms with Crippen LogP contribution < -0.4 is 14.8 Å². The first-order valence-electron chi connectivity index (χ1n) is 6.67. The van der Waals surface area contributed by atoms with E-state index in [1.165, 1.54) is 0 Å². The summed E-state index contributed by atoms with van der Waals surface area (Å²) in [6.07, 6.45) is -0.0272. The summed E-state index contributed by atoms with van der Waals surface area (Å²) >= 11 is 3.39. The van der Waals surface area contributed by atoms with Crippen LogP contribution in [0.3, 0.4) is 0 Å². The summed E-state index contributed by atoms with van der Waals surface area (Å²) in [7, 11) is 0. The Kier molecular flexibility index (Phi) is 5.32. The maximum atomic E-state index is 5.66. The second-order valence-corrected chi connectivity index (χ2v) is 5.40. The van der Waals surface area contributed by atoms with Crippen LogP contribution in [0.2, 0.25) is 0 Å². The lowest BCUT2D eigenvalue weighted by Gasteiger charge is -2.11. The zero-order chi connectivity index (χ0) is 15.2. The number of halogens is 1. The van der Waals surface area contributed by atoms with Crippen LogP contribution in [0.5, 0.6) is 17.8 Å². The number of hydrogen-bond donors (Lipinski definition) is 1. The fourth-order valence-electron chi connectivity index (χ4n) is 1.52. The predicted octanol–water partition coefficient (Wildman–Crippen LogP) is 3.65. The molecule has 7 heteroatoms. The van der Waals surface area contributed by atoms with Gasteiger partial charge in [-0.15, -0.1) is 4.98 Å². The van der Waals surface area contributed by atoms with Gasteiger partial charge in [0.15, 0.2) is 0 Å². The standard InChI is InChI=1S/C14H17BrN4O2/c1-4-16-12-17-13(20-9(2)3)19-14(18-12)21-11-7-5-6-10(15)8-11/h5-9H,4H2,1-3H3,(H,16,17,18,19). The highest BCUT2D eigenvalue weighted by molar-refractivity contribution is 9.10. The Hall–Kier alpha value is -1.89. The Balaban J connectivity index is 2.26. The minimum atomic E-state index is -0.0272. The lowest BCUT2D eigenvalue weighted by Crippen LogP contribution is -2.12. The third kappa shape index (κ3) is 4.86. The van der Waals surface area contributed by atoms with Crippen molar-refractivity contribution in [2.24, 2.45) is 0 Å². The summed E-state index contributed by atoms with van der Waals surface area (Å²) in [5.74, 6) is 1.06. The summed E-state index contributed by atoms with van der Waals surface area (Å²) in [5.41, 5.74) is 0. The molecule has 0 atom stereocenters. The Labute approximate surface area is 132 Å². The molecular formula is C14H17BrN4O2. The summed E-state index contributed by atoms with van der Waals surface area (Å²) in [6, 6.07) is 7.87. The summed E-state index contributed by atoms with van der Waals surface area (Å²) in [6.45, 7) is 6.47. The molecule has 0 fully saturated rings. The van der Waals surface area contributed by atoms with Gasteiger partial charge in [0, 0.05) is 11.0 Å². The molecule has 0 bridgehead atoms. The van der Waals surface area contributed by atoms with E-state index in [0.29, 0.717) is 18.2 Å². The Morgan fingerprint density at radius 3 is 2.62 bits per heavy atom. The number of rotatable bonds is 6. The van der Waals surface area contributed by atoms with E-state index in [1.807, 2.05) is 45.0 Å². The molecule has 0 saturated carbocycles. The average molecular weight is 353 g/mol. The smallest absolute Gasteiger partial charge is 0.330 e. The lowest BCUT2D eigenvalue weighted by atomic mass is 10.3. The van der Waals surface area contributed by atoms with E-state index in [4.69, 9.17) is 9.47 Å². The highest BCUT2D eigenvalue weighted by atomic mass is 79.9. The van der Waals surface area contributed by atoms with E-state index in [-0.39, 0.29) is 18.1 Å². The van der Waals surface area contributed by atoms with Crippen molar-refractivity contribution in [3.63, 3.8) is 0 Å². The van der Waals surface area contributed by atoms with Crippen molar-refractivity contribution in [1.82, 2.24) is 15.0 Å². The highest BCUT2D eigenvalue weighted by Gasteiger charge is 2.10. The van der Waals surface area contributed by atoms with Gasteiger partial charge in [-0.05, 0) is 39.0 Å². The largest absolute Gasteiger partial charge is 0.461 e. The molecular weight excluding hydrogens is 336 g/mol. The molecule has 0 aliphatic heterocycles. The van der Waals surface area contributed by atoms with Crippen LogP contribution in [0, 0.1) is 0 Å². The third-order valence-corrected chi connectivity index (χ3v) is 2.77. The van der Waals surface area contributed by atoms with E-state index in [9.17, 15) is 0 Å². The van der Waals surface area contributed by atoms with Crippen LogP contribution in [0.25, 0.3) is 0 Å². The van der Waals surface area contributed by atoms with Crippen molar-refractivity contribution in [2.45, 2.75) is 26.9 Å². The number of nitrogens with zero attached hydrogens (tertiary/aromatic N) is 3. The maximum Gasteiger partial charge on any atom is 0.330 e. The van der Waals surface area contributed by atoms with Gasteiger partial charge in [-0.1, -0.05) is 22.0 Å². The minimum Gasteiger partial charge on any atom is -0.461 e. The molecule has 0 unspecified atom stereocenters. The first-order chi connectivity index (χ1) is 10.1. The molecule has 112 valence electrons. The second-order valence-electron chi connectivity index (χ2n) is 4.48. The van der Waals surface area contributed by atoms with Crippen LogP contribution in [0.15, 0.2) is 28.7 Å². The molecule has 1 N–H and O–H groups in total. The van der Waals surface area contributed by atoms with Crippen LogP contribution in [0.4, 0.5) is 5.95 Å². The Bertz CT molecular complexity index is 607. The molecule has 21 heavy (non-hydrogen) atoms. The number of nitrogens with one attached hydrogen (secondary N) is 1. The zero-order valence-corrected chi connectivity index (χ0v) is 13.7. The molecule has 2 rings (SSSR count). The van der Waals surface area contributed by atoms with Gasteiger partial charge in [-0.2, -0.15) is 9.97 Å². The number of anilines is 1. The molecule has 0 aliphatic rings. The molecule has 1 aromatic heterocycles. The number of aromatic nitrogens is 3. The lowest BCUT2D eigenvalue weighted by molar-refractivity contribution is 0.218. The third-order valence-electron chi connectivity index (χ3n) is 2.28. The van der Waals surface area contributed by atoms with Crippen LogP contribution in [-0.2, 0) is 0 Å². The van der Waals surface area contributed by atoms with Crippen molar-refractivity contribution >= 4 is 21.9 Å². The molecule has 0 spiro atoms. The molecule has 0 amide bonds. The van der Waals surface area contributed by atoms with Gasteiger partial charge in [0.1, 0.15) is 5.75 Å². The monoisotopic (exact) mass is 352 g/mol. The van der Waals surface area contributed by atoms with Gasteiger partial charge in [0.2, 0.25) is 5.95 Å². The predicted molar refractivity (Wildman–Crippen MR) is 84.0 cm³/mol. The zero-order valence-electron chi connectivity index (χ0n) is 12.1. The van der Waals surface area contributed by atoms with Crippen LogP contribution in [-0.4, -0.2) is 27.6 Å². The Morgan fingerprint density at radius 1 is 1.19 bits per heavy atom. The maximum absolute atomic E-state index is 5.66. The molecule has 1 aromatic carbocycles. The minimum absolute atomic E-state index is 0.0272. The summed E-state index contributed by atoms with van der Waals surface area (Å²) < 4.78 is 12.1. The number of ether oxygens (including phenoxy) is 2. The van der Waals surface area contributed by atoms with Crippen molar-refractivity contribution < 1.29 is 9.47 Å². The topological polar surface area (TPSA) is 69.2 Å².